The summed E-state index contributed by atoms with van der Waals surface area (Å²) in [5.41, 5.74) is 0. The number of imidazole rings is 3. The second kappa shape index (κ2) is 19.1. The Morgan fingerprint density at radius 2 is 1.52 bits per heavy atom. The van der Waals surface area contributed by atoms with Gasteiger partial charge in [-0.2, -0.15) is 5.26 Å². The zero-order valence-electron chi connectivity index (χ0n) is 13.0. The molecule has 0 aliphatic carbocycles. The van der Waals surface area contributed by atoms with Gasteiger partial charge in [0.2, 0.25) is 0 Å². The molecule has 3 aromatic rings. The molecule has 0 saturated carbocycles. The molecule has 0 N–H and O–H groups in total. The average molecular weight is 453 g/mol. The second-order valence-electron chi connectivity index (χ2n) is 3.33. The number of halogens is 2. The number of hydrogen-bond donors (Lipinski definition) is 0. The van der Waals surface area contributed by atoms with Crippen molar-refractivity contribution in [3.63, 3.8) is 0 Å². The average Bonchev–Trinajstić information content (AvgIpc) is 3.27. The summed E-state index contributed by atoms with van der Waals surface area (Å²) in [5.74, 6) is 0. The summed E-state index contributed by atoms with van der Waals surface area (Å²) in [5, 5.41) is 7.32. The maximum absolute atomic E-state index is 7.32. The number of alkyl halides is 2. The Balaban J connectivity index is 0. The van der Waals surface area contributed by atoms with Crippen LogP contribution in [0.15, 0.2) is 56.2 Å². The Morgan fingerprint density at radius 3 is 1.74 bits per heavy atom. The van der Waals surface area contributed by atoms with E-state index in [9.17, 15) is 0 Å². The van der Waals surface area contributed by atoms with Crippen molar-refractivity contribution in [1.29, 1.82) is 5.26 Å². The van der Waals surface area contributed by atoms with Crippen molar-refractivity contribution >= 4 is 31.9 Å². The van der Waals surface area contributed by atoms with Gasteiger partial charge in [-0.05, 0) is 0 Å². The zero-order valence-corrected chi connectivity index (χ0v) is 18.2. The molecule has 0 unspecified atom stereocenters. The van der Waals surface area contributed by atoms with E-state index in [2.05, 4.69) is 51.8 Å². The van der Waals surface area contributed by atoms with E-state index in [0.29, 0.717) is 0 Å². The van der Waals surface area contributed by atoms with Gasteiger partial charge in [0.05, 0.1) is 23.0 Å². The smallest absolute Gasteiger partial charge is 0.450 e. The Morgan fingerprint density at radius 1 is 1.04 bits per heavy atom. The fourth-order valence-corrected chi connectivity index (χ4v) is 1.12. The first kappa shape index (κ1) is 24.3. The molecule has 3 rings (SSSR count). The Labute approximate surface area is 174 Å². The van der Waals surface area contributed by atoms with Crippen molar-refractivity contribution in [2.24, 2.45) is 0 Å². The first-order valence-electron chi connectivity index (χ1n) is 5.99. The van der Waals surface area contributed by atoms with Crippen molar-refractivity contribution in [2.75, 3.05) is 4.24 Å². The molecule has 0 atom stereocenters. The van der Waals surface area contributed by atoms with Crippen LogP contribution in [-0.4, -0.2) is 28.3 Å². The van der Waals surface area contributed by atoms with Gasteiger partial charge < -0.3 is 19.1 Å². The van der Waals surface area contributed by atoms with Crippen LogP contribution in [0, 0.1) is 11.3 Å². The number of hydrogen-bond acceptors (Lipinski definition) is 4. The summed E-state index contributed by atoms with van der Waals surface area (Å²) >= 11 is 6.12. The largest absolute Gasteiger partial charge is 1.00 e. The minimum atomic E-state index is 0. The van der Waals surface area contributed by atoms with Gasteiger partial charge in [-0.3, -0.25) is 0 Å². The van der Waals surface area contributed by atoms with Gasteiger partial charge in [-0.15, -0.1) is 0 Å². The van der Waals surface area contributed by atoms with Gasteiger partial charge in [-0.1, -0.05) is 50.6 Å². The molecule has 118 valence electrons. The summed E-state index contributed by atoms with van der Waals surface area (Å²) in [7, 11) is 0. The van der Waals surface area contributed by atoms with E-state index in [1.165, 1.54) is 13.3 Å². The van der Waals surface area contributed by atoms with Crippen molar-refractivity contribution in [2.45, 2.75) is 13.6 Å². The summed E-state index contributed by atoms with van der Waals surface area (Å²) in [6.07, 6.45) is 15.7. The second-order valence-corrected chi connectivity index (χ2v) is 5.96. The van der Waals surface area contributed by atoms with Crippen molar-refractivity contribution in [1.82, 2.24) is 29.1 Å². The third-order valence-corrected chi connectivity index (χ3v) is 1.82. The molecular formula is C13H16Br2N7Na. The Hall–Kier alpha value is -0.920. The molecule has 7 nitrogen and oxygen atoms in total. The molecule has 23 heavy (non-hydrogen) atoms. The van der Waals surface area contributed by atoms with E-state index < -0.39 is 0 Å². The van der Waals surface area contributed by atoms with E-state index in [1.54, 1.807) is 43.5 Å². The predicted molar refractivity (Wildman–Crippen MR) is 91.4 cm³/mol. The molecule has 0 bridgehead atoms. The minimum absolute atomic E-state index is 0. The van der Waals surface area contributed by atoms with Gasteiger partial charge in [0.15, 0.2) is 0 Å². The molecule has 0 amide bonds. The topological polar surface area (TPSA) is 86.4 Å². The standard InChI is InChI=1S/C7H8N4.C3H3N2.C2H3N.CH2Br2.Na/c1-3-10(5-8-1)7-11-4-2-9-6-11;1-2-5-3-4-1;1-2-3;2-1-3;/h1-6H,7H2;1-3H;1H3;1H2;/q;-1;;;+1. The molecule has 0 aromatic carbocycles. The summed E-state index contributed by atoms with van der Waals surface area (Å²) < 4.78 is 4.82. The van der Waals surface area contributed by atoms with Gasteiger partial charge in [0.25, 0.3) is 0 Å². The summed E-state index contributed by atoms with van der Waals surface area (Å²) in [6.45, 7) is 2.21. The van der Waals surface area contributed by atoms with Gasteiger partial charge in [0.1, 0.15) is 6.67 Å². The summed E-state index contributed by atoms with van der Waals surface area (Å²) in [6, 6.07) is 1.75. The quantitative estimate of drug-likeness (QED) is 0.400. The molecule has 0 spiro atoms. The number of nitriles is 1. The van der Waals surface area contributed by atoms with E-state index in [-0.39, 0.29) is 29.6 Å². The monoisotopic (exact) mass is 451 g/mol. The van der Waals surface area contributed by atoms with Gasteiger partial charge in [0, 0.05) is 31.7 Å². The Kier molecular flexibility index (Phi) is 20.2. The van der Waals surface area contributed by atoms with Crippen LogP contribution in [0.25, 0.3) is 0 Å². The molecule has 0 aliphatic rings. The van der Waals surface area contributed by atoms with Crippen LogP contribution >= 0.6 is 31.9 Å². The van der Waals surface area contributed by atoms with Crippen LogP contribution in [0.2, 0.25) is 0 Å². The molecule has 0 radical (unpaired) electrons. The van der Waals surface area contributed by atoms with E-state index >= 15 is 0 Å². The molecule has 3 aromatic heterocycles. The maximum Gasteiger partial charge on any atom is 1.00 e. The third-order valence-electron chi connectivity index (χ3n) is 1.82. The molecule has 0 fully saturated rings. The molecule has 0 aliphatic heterocycles. The molecule has 10 heteroatoms. The van der Waals surface area contributed by atoms with E-state index in [4.69, 9.17) is 5.26 Å². The summed E-state index contributed by atoms with van der Waals surface area (Å²) in [4.78, 5) is 15.1. The number of rotatable bonds is 2. The Bertz CT molecular complexity index is 513. The third kappa shape index (κ3) is 15.7. The SMILES string of the molecule is BrCBr.CC#N.[Na+].c1c[n-]cn1.c1cn(Cn2ccnc2)cn1. The van der Waals surface area contributed by atoms with Crippen LogP contribution < -0.4 is 34.5 Å². The van der Waals surface area contributed by atoms with Gasteiger partial charge >= 0.3 is 29.6 Å². The fraction of sp³-hybridized carbons (Fsp3) is 0.231. The normalized spacial score (nSPS) is 7.74. The van der Waals surface area contributed by atoms with Crippen molar-refractivity contribution in [3.05, 3.63) is 56.2 Å². The minimum Gasteiger partial charge on any atom is -0.450 e. The molecular weight excluding hydrogens is 437 g/mol. The zero-order chi connectivity index (χ0) is 16.5. The van der Waals surface area contributed by atoms with Crippen LogP contribution in [0.4, 0.5) is 0 Å². The van der Waals surface area contributed by atoms with Crippen molar-refractivity contribution in [3.8, 4) is 6.07 Å². The van der Waals surface area contributed by atoms with Gasteiger partial charge in [-0.25, -0.2) is 9.97 Å². The number of aromatic nitrogens is 6. The maximum atomic E-state index is 7.32. The van der Waals surface area contributed by atoms with Crippen LogP contribution in [0.5, 0.6) is 0 Å². The van der Waals surface area contributed by atoms with Crippen LogP contribution in [0.1, 0.15) is 6.92 Å². The predicted octanol–water partition coefficient (Wildman–Crippen LogP) is -0.108. The number of nitrogens with zero attached hydrogens (tertiary/aromatic N) is 7. The van der Waals surface area contributed by atoms with E-state index in [0.717, 1.165) is 10.9 Å². The first-order valence-corrected chi connectivity index (χ1v) is 8.23. The van der Waals surface area contributed by atoms with Crippen molar-refractivity contribution < 1.29 is 29.6 Å². The molecule has 3 heterocycles. The van der Waals surface area contributed by atoms with E-state index in [1.807, 2.05) is 21.5 Å². The molecule has 0 saturated heterocycles. The first-order chi connectivity index (χ1) is 10.8. The van der Waals surface area contributed by atoms with Crippen LogP contribution in [-0.2, 0) is 6.67 Å². The van der Waals surface area contributed by atoms with Crippen LogP contribution in [0.3, 0.4) is 0 Å². The fourth-order valence-electron chi connectivity index (χ4n) is 1.12.